The van der Waals surface area contributed by atoms with Crippen LogP contribution in [-0.2, 0) is 17.9 Å². The van der Waals surface area contributed by atoms with E-state index < -0.39 is 0 Å². The molecule has 5 rings (SSSR count). The molecule has 0 spiro atoms. The Labute approximate surface area is 223 Å². The van der Waals surface area contributed by atoms with Crippen LogP contribution in [0.1, 0.15) is 22.3 Å². The van der Waals surface area contributed by atoms with Crippen LogP contribution >= 0.6 is 35.0 Å². The number of ether oxygens (including phenoxy) is 1. The van der Waals surface area contributed by atoms with Crippen LogP contribution in [-0.4, -0.2) is 16.0 Å². The molecule has 4 aromatic carbocycles. The average molecular weight is 534 g/mol. The molecule has 0 unspecified atom stereocenters. The van der Waals surface area contributed by atoms with Gasteiger partial charge in [0.2, 0.25) is 0 Å². The van der Waals surface area contributed by atoms with Gasteiger partial charge in [0.05, 0.1) is 21.5 Å². The van der Waals surface area contributed by atoms with Gasteiger partial charge in [0, 0.05) is 0 Å². The van der Waals surface area contributed by atoms with Crippen LogP contribution in [0.15, 0.2) is 83.8 Å². The third-order valence-electron chi connectivity index (χ3n) is 5.90. The van der Waals surface area contributed by atoms with Crippen molar-refractivity contribution in [1.29, 1.82) is 0 Å². The number of carbonyl (C=O) groups excluding carboxylic acids is 2. The Morgan fingerprint density at radius 2 is 1.61 bits per heavy atom. The molecule has 1 heterocycles. The van der Waals surface area contributed by atoms with Gasteiger partial charge in [0.1, 0.15) is 6.61 Å². The topological polar surface area (TPSA) is 46.6 Å². The van der Waals surface area contributed by atoms with E-state index in [-0.39, 0.29) is 17.7 Å². The summed E-state index contributed by atoms with van der Waals surface area (Å²) in [5.41, 5.74) is 3.69. The molecule has 7 heteroatoms. The first kappa shape index (κ1) is 24.4. The second kappa shape index (κ2) is 10.4. The van der Waals surface area contributed by atoms with Crippen molar-refractivity contribution in [3.05, 3.63) is 116 Å². The molecule has 1 fully saturated rings. The number of hydrogen-bond donors (Lipinski definition) is 0. The Hall–Kier alpha value is -3.25. The lowest BCUT2D eigenvalue weighted by atomic mass is 10.0. The number of benzene rings is 4. The normalized spacial score (nSPS) is 14.8. The second-order valence-corrected chi connectivity index (χ2v) is 10.3. The van der Waals surface area contributed by atoms with Gasteiger partial charge in [-0.15, -0.1) is 0 Å². The maximum atomic E-state index is 13.1. The highest BCUT2D eigenvalue weighted by molar-refractivity contribution is 8.18. The van der Waals surface area contributed by atoms with Crippen LogP contribution in [0.3, 0.4) is 0 Å². The van der Waals surface area contributed by atoms with Gasteiger partial charge < -0.3 is 4.74 Å². The zero-order chi connectivity index (χ0) is 25.2. The lowest BCUT2D eigenvalue weighted by Crippen LogP contribution is -2.27. The molecule has 1 aliphatic rings. The summed E-state index contributed by atoms with van der Waals surface area (Å²) >= 11 is 13.8. The number of rotatable bonds is 6. The molecule has 0 aliphatic carbocycles. The van der Waals surface area contributed by atoms with E-state index in [0.29, 0.717) is 32.9 Å². The van der Waals surface area contributed by atoms with E-state index in [0.717, 1.165) is 33.7 Å². The number of imide groups is 1. The Morgan fingerprint density at radius 3 is 2.36 bits per heavy atom. The monoisotopic (exact) mass is 533 g/mol. The molecule has 36 heavy (non-hydrogen) atoms. The van der Waals surface area contributed by atoms with Crippen molar-refractivity contribution in [2.75, 3.05) is 0 Å². The van der Waals surface area contributed by atoms with Crippen LogP contribution in [0.2, 0.25) is 10.0 Å². The van der Waals surface area contributed by atoms with Crippen LogP contribution in [0.4, 0.5) is 4.79 Å². The summed E-state index contributed by atoms with van der Waals surface area (Å²) in [5, 5.41) is 2.43. The van der Waals surface area contributed by atoms with Crippen LogP contribution in [0.5, 0.6) is 5.75 Å². The predicted octanol–water partition coefficient (Wildman–Crippen LogP) is 8.27. The molecule has 0 atom stereocenters. The summed E-state index contributed by atoms with van der Waals surface area (Å²) in [6.45, 7) is 2.55. The molecule has 1 saturated heterocycles. The first-order chi connectivity index (χ1) is 17.4. The van der Waals surface area contributed by atoms with Crippen molar-refractivity contribution in [2.45, 2.75) is 20.1 Å². The van der Waals surface area contributed by atoms with E-state index in [1.807, 2.05) is 73.7 Å². The number of aryl methyl sites for hydroxylation is 1. The Balaban J connectivity index is 1.34. The molecule has 180 valence electrons. The highest BCUT2D eigenvalue weighted by Crippen LogP contribution is 2.38. The Bertz CT molecular complexity index is 1490. The maximum Gasteiger partial charge on any atom is 0.293 e. The van der Waals surface area contributed by atoms with E-state index in [4.69, 9.17) is 27.9 Å². The van der Waals surface area contributed by atoms with Gasteiger partial charge in [-0.25, -0.2) is 0 Å². The third kappa shape index (κ3) is 5.14. The van der Waals surface area contributed by atoms with E-state index in [2.05, 4.69) is 0 Å². The van der Waals surface area contributed by atoms with Crippen LogP contribution in [0.25, 0.3) is 16.8 Å². The van der Waals surface area contributed by atoms with Gasteiger partial charge in [-0.2, -0.15) is 0 Å². The van der Waals surface area contributed by atoms with Gasteiger partial charge >= 0.3 is 0 Å². The van der Waals surface area contributed by atoms with Crippen molar-refractivity contribution in [2.24, 2.45) is 0 Å². The maximum absolute atomic E-state index is 13.1. The quantitative estimate of drug-likeness (QED) is 0.234. The zero-order valence-corrected chi connectivity index (χ0v) is 21.7. The lowest BCUT2D eigenvalue weighted by molar-refractivity contribution is -0.123. The predicted molar refractivity (Wildman–Crippen MR) is 147 cm³/mol. The molecule has 1 aliphatic heterocycles. The van der Waals surface area contributed by atoms with Crippen molar-refractivity contribution in [3.63, 3.8) is 0 Å². The van der Waals surface area contributed by atoms with E-state index in [1.165, 1.54) is 10.5 Å². The Morgan fingerprint density at radius 1 is 0.917 bits per heavy atom. The first-order valence-electron chi connectivity index (χ1n) is 11.3. The summed E-state index contributed by atoms with van der Waals surface area (Å²) < 4.78 is 5.86. The van der Waals surface area contributed by atoms with E-state index >= 15 is 0 Å². The van der Waals surface area contributed by atoms with Gasteiger partial charge in [-0.05, 0) is 64.4 Å². The number of nitrogens with zero attached hydrogens (tertiary/aromatic N) is 1. The number of hydrogen-bond acceptors (Lipinski definition) is 4. The van der Waals surface area contributed by atoms with E-state index in [9.17, 15) is 9.59 Å². The summed E-state index contributed by atoms with van der Waals surface area (Å²) in [6.07, 6.45) is 1.63. The van der Waals surface area contributed by atoms with Crippen molar-refractivity contribution in [1.82, 2.24) is 4.90 Å². The molecule has 0 radical (unpaired) electrons. The van der Waals surface area contributed by atoms with Gasteiger partial charge in [-0.3, -0.25) is 14.5 Å². The third-order valence-corrected chi connectivity index (χ3v) is 7.37. The SMILES string of the molecule is Cc1ccc(COc2c(Cl)cc(/C=C3/SC(=O)N(Cc4cccc5ccccc45)C3=O)cc2Cl)cc1. The summed E-state index contributed by atoms with van der Waals surface area (Å²) in [6, 6.07) is 25.1. The van der Waals surface area contributed by atoms with Crippen molar-refractivity contribution in [3.8, 4) is 5.75 Å². The molecule has 0 N–H and O–H groups in total. The second-order valence-electron chi connectivity index (χ2n) is 8.49. The number of thioether (sulfide) groups is 1. The Kier molecular flexibility index (Phi) is 7.06. The molecular formula is C29H21Cl2NO3S. The smallest absolute Gasteiger partial charge is 0.293 e. The van der Waals surface area contributed by atoms with Crippen LogP contribution < -0.4 is 4.74 Å². The number of halogens is 2. The molecule has 4 aromatic rings. The van der Waals surface area contributed by atoms with Gasteiger partial charge in [0.25, 0.3) is 11.1 Å². The number of fused-ring (bicyclic) bond motifs is 1. The van der Waals surface area contributed by atoms with E-state index in [1.54, 1.807) is 18.2 Å². The van der Waals surface area contributed by atoms with Crippen molar-refractivity contribution < 1.29 is 14.3 Å². The summed E-state index contributed by atoms with van der Waals surface area (Å²) in [4.78, 5) is 27.4. The number of carbonyl (C=O) groups is 2. The van der Waals surface area contributed by atoms with Crippen molar-refractivity contribution >= 4 is 63.0 Å². The summed E-state index contributed by atoms with van der Waals surface area (Å²) in [5.74, 6) is 0.0324. The fraction of sp³-hybridized carbons (Fsp3) is 0.103. The molecule has 0 bridgehead atoms. The molecule has 0 aromatic heterocycles. The molecule has 0 saturated carbocycles. The zero-order valence-electron chi connectivity index (χ0n) is 19.3. The average Bonchev–Trinajstić information content (AvgIpc) is 3.12. The molecular weight excluding hydrogens is 513 g/mol. The van der Waals surface area contributed by atoms with Gasteiger partial charge in [0.15, 0.2) is 5.75 Å². The highest BCUT2D eigenvalue weighted by atomic mass is 35.5. The van der Waals surface area contributed by atoms with Crippen LogP contribution in [0, 0.1) is 6.92 Å². The fourth-order valence-corrected chi connectivity index (χ4v) is 5.48. The minimum atomic E-state index is -0.343. The lowest BCUT2D eigenvalue weighted by Gasteiger charge is -2.14. The molecule has 4 nitrogen and oxygen atoms in total. The minimum Gasteiger partial charge on any atom is -0.486 e. The highest BCUT2D eigenvalue weighted by Gasteiger charge is 2.35. The largest absolute Gasteiger partial charge is 0.486 e. The van der Waals surface area contributed by atoms with Gasteiger partial charge in [-0.1, -0.05) is 95.5 Å². The molecule has 2 amide bonds. The summed E-state index contributed by atoms with van der Waals surface area (Å²) in [7, 11) is 0. The standard InChI is InChI=1S/C29H21Cl2NO3S/c1-18-9-11-19(12-10-18)17-35-27-24(30)13-20(14-25(27)31)15-26-28(33)32(29(34)36-26)16-22-7-4-6-21-5-2-3-8-23(21)22/h2-15H,16-17H2,1H3/b26-15+. The number of amides is 2. The minimum absolute atomic E-state index is 0.205. The fourth-order valence-electron chi connectivity index (χ4n) is 4.03. The first-order valence-corrected chi connectivity index (χ1v) is 12.9.